The minimum atomic E-state index is -0.790. The van der Waals surface area contributed by atoms with E-state index in [1.54, 1.807) is 24.3 Å². The van der Waals surface area contributed by atoms with Gasteiger partial charge in [-0.25, -0.2) is 4.39 Å². The van der Waals surface area contributed by atoms with Gasteiger partial charge in [-0.15, -0.1) is 0 Å². The highest BCUT2D eigenvalue weighted by molar-refractivity contribution is 5.99. The molecule has 2 aromatic rings. The largest absolute Gasteiger partial charge is 0.494 e. The molecule has 0 saturated carbocycles. The van der Waals surface area contributed by atoms with Crippen molar-refractivity contribution in [1.82, 2.24) is 5.32 Å². The molecule has 28 heavy (non-hydrogen) atoms. The molecule has 148 valence electrons. The van der Waals surface area contributed by atoms with E-state index in [1.807, 2.05) is 6.92 Å². The van der Waals surface area contributed by atoms with Gasteiger partial charge in [0.1, 0.15) is 12.3 Å². The van der Waals surface area contributed by atoms with Crippen molar-refractivity contribution in [2.75, 3.05) is 26.9 Å². The second-order valence-electron chi connectivity index (χ2n) is 5.57. The van der Waals surface area contributed by atoms with Crippen molar-refractivity contribution in [3.63, 3.8) is 0 Å². The summed E-state index contributed by atoms with van der Waals surface area (Å²) in [5.41, 5.74) is 0.394. The van der Waals surface area contributed by atoms with E-state index in [9.17, 15) is 18.8 Å². The highest BCUT2D eigenvalue weighted by atomic mass is 19.1. The first kappa shape index (κ1) is 20.9. The number of hydrogen-bond donors (Lipinski definition) is 1. The Morgan fingerprint density at radius 1 is 1.04 bits per heavy atom. The van der Waals surface area contributed by atoms with Gasteiger partial charge in [0.15, 0.2) is 24.0 Å². The molecule has 7 nitrogen and oxygen atoms in total. The number of carbonyl (C=O) groups is 3. The zero-order valence-corrected chi connectivity index (χ0v) is 15.5. The van der Waals surface area contributed by atoms with Crippen LogP contribution >= 0.6 is 0 Å². The number of hydrogen-bond acceptors (Lipinski definition) is 6. The lowest BCUT2D eigenvalue weighted by Gasteiger charge is -2.08. The first-order valence-electron chi connectivity index (χ1n) is 8.48. The molecular formula is C20H20FNO6. The molecule has 0 spiro atoms. The SMILES string of the molecule is CCOc1ccc(C(=O)NCC(=O)OCC(=O)c2ccc(OC)c(F)c2)cc1. The molecule has 0 radical (unpaired) electrons. The summed E-state index contributed by atoms with van der Waals surface area (Å²) in [4.78, 5) is 35.7. The molecule has 0 aliphatic heterocycles. The van der Waals surface area contributed by atoms with Gasteiger partial charge in [0.05, 0.1) is 13.7 Å². The predicted octanol–water partition coefficient (Wildman–Crippen LogP) is 2.39. The minimum Gasteiger partial charge on any atom is -0.494 e. The van der Waals surface area contributed by atoms with E-state index < -0.39 is 36.6 Å². The molecule has 0 aliphatic carbocycles. The Bertz CT molecular complexity index is 850. The number of amides is 1. The maximum atomic E-state index is 13.6. The number of esters is 1. The fourth-order valence-corrected chi connectivity index (χ4v) is 2.24. The first-order valence-corrected chi connectivity index (χ1v) is 8.48. The van der Waals surface area contributed by atoms with Gasteiger partial charge in [-0.1, -0.05) is 0 Å². The molecule has 2 rings (SSSR count). The van der Waals surface area contributed by atoms with Crippen molar-refractivity contribution in [3.05, 3.63) is 59.4 Å². The summed E-state index contributed by atoms with van der Waals surface area (Å²) in [6.45, 7) is 1.39. The number of nitrogens with one attached hydrogen (secondary N) is 1. The van der Waals surface area contributed by atoms with Gasteiger partial charge in [0.2, 0.25) is 0 Å². The average Bonchev–Trinajstić information content (AvgIpc) is 2.70. The van der Waals surface area contributed by atoms with Crippen molar-refractivity contribution >= 4 is 17.7 Å². The second-order valence-corrected chi connectivity index (χ2v) is 5.57. The number of methoxy groups -OCH3 is 1. The number of halogens is 1. The number of benzene rings is 2. The van der Waals surface area contributed by atoms with E-state index in [0.29, 0.717) is 17.9 Å². The number of ether oxygens (including phenoxy) is 3. The van der Waals surface area contributed by atoms with Crippen LogP contribution in [0.3, 0.4) is 0 Å². The van der Waals surface area contributed by atoms with E-state index in [2.05, 4.69) is 5.32 Å². The predicted molar refractivity (Wildman–Crippen MR) is 98.2 cm³/mol. The molecule has 0 heterocycles. The van der Waals surface area contributed by atoms with Crippen molar-refractivity contribution < 1.29 is 33.0 Å². The van der Waals surface area contributed by atoms with Crippen LogP contribution in [0.25, 0.3) is 0 Å². The summed E-state index contributed by atoms with van der Waals surface area (Å²) in [5, 5.41) is 2.40. The van der Waals surface area contributed by atoms with E-state index >= 15 is 0 Å². The quantitative estimate of drug-likeness (QED) is 0.523. The van der Waals surface area contributed by atoms with Crippen molar-refractivity contribution in [2.45, 2.75) is 6.92 Å². The molecule has 0 bridgehead atoms. The average molecular weight is 389 g/mol. The number of rotatable bonds is 9. The van der Waals surface area contributed by atoms with E-state index in [4.69, 9.17) is 14.2 Å². The smallest absolute Gasteiger partial charge is 0.325 e. The Balaban J connectivity index is 1.79. The third kappa shape index (κ3) is 5.80. The Morgan fingerprint density at radius 3 is 2.32 bits per heavy atom. The fraction of sp³-hybridized carbons (Fsp3) is 0.250. The molecule has 0 aliphatic rings. The van der Waals surface area contributed by atoms with Gasteiger partial charge >= 0.3 is 5.97 Å². The Labute approximate surface area is 161 Å². The van der Waals surface area contributed by atoms with Gasteiger partial charge in [0, 0.05) is 11.1 Å². The molecule has 0 atom stereocenters. The molecule has 2 aromatic carbocycles. The van der Waals surface area contributed by atoms with Crippen LogP contribution in [0.5, 0.6) is 11.5 Å². The maximum absolute atomic E-state index is 13.6. The van der Waals surface area contributed by atoms with Crippen LogP contribution in [0.2, 0.25) is 0 Å². The summed E-state index contributed by atoms with van der Waals surface area (Å²) in [6, 6.07) is 10.1. The highest BCUT2D eigenvalue weighted by Crippen LogP contribution is 2.18. The third-order valence-corrected chi connectivity index (χ3v) is 3.66. The van der Waals surface area contributed by atoms with Crippen molar-refractivity contribution in [2.24, 2.45) is 0 Å². The van der Waals surface area contributed by atoms with Crippen LogP contribution in [0, 0.1) is 5.82 Å². The summed E-state index contributed by atoms with van der Waals surface area (Å²) in [6.07, 6.45) is 0. The lowest BCUT2D eigenvalue weighted by Crippen LogP contribution is -2.31. The van der Waals surface area contributed by atoms with E-state index in [1.165, 1.54) is 19.2 Å². The third-order valence-electron chi connectivity index (χ3n) is 3.66. The molecule has 0 unspecified atom stereocenters. The molecule has 0 aromatic heterocycles. The van der Waals surface area contributed by atoms with Crippen LogP contribution in [0.4, 0.5) is 4.39 Å². The van der Waals surface area contributed by atoms with Crippen molar-refractivity contribution in [3.8, 4) is 11.5 Å². The topological polar surface area (TPSA) is 90.9 Å². The van der Waals surface area contributed by atoms with Crippen LogP contribution in [-0.2, 0) is 9.53 Å². The molecule has 8 heteroatoms. The Kier molecular flexibility index (Phi) is 7.50. The zero-order chi connectivity index (χ0) is 20.5. The Morgan fingerprint density at radius 2 is 1.71 bits per heavy atom. The van der Waals surface area contributed by atoms with Crippen molar-refractivity contribution in [1.29, 1.82) is 0 Å². The number of carbonyl (C=O) groups excluding carboxylic acids is 3. The lowest BCUT2D eigenvalue weighted by molar-refractivity contribution is -0.141. The monoisotopic (exact) mass is 389 g/mol. The summed E-state index contributed by atoms with van der Waals surface area (Å²) >= 11 is 0. The van der Waals surface area contributed by atoms with Crippen LogP contribution in [-0.4, -0.2) is 44.5 Å². The lowest BCUT2D eigenvalue weighted by atomic mass is 10.1. The normalized spacial score (nSPS) is 10.1. The van der Waals surface area contributed by atoms with Gasteiger partial charge in [-0.3, -0.25) is 14.4 Å². The summed E-state index contributed by atoms with van der Waals surface area (Å²) < 4.78 is 28.5. The minimum absolute atomic E-state index is 0.00514. The fourth-order valence-electron chi connectivity index (χ4n) is 2.24. The molecule has 0 fully saturated rings. The summed E-state index contributed by atoms with van der Waals surface area (Å²) in [7, 11) is 1.31. The highest BCUT2D eigenvalue weighted by Gasteiger charge is 2.14. The Hall–Kier alpha value is -3.42. The van der Waals surface area contributed by atoms with Gasteiger partial charge in [-0.2, -0.15) is 0 Å². The van der Waals surface area contributed by atoms with Gasteiger partial charge < -0.3 is 19.5 Å². The van der Waals surface area contributed by atoms with Crippen LogP contribution < -0.4 is 14.8 Å². The number of Topliss-reactive ketones (excluding diaryl/α,β-unsaturated/α-hetero) is 1. The van der Waals surface area contributed by atoms with Crippen LogP contribution in [0.1, 0.15) is 27.6 Å². The van der Waals surface area contributed by atoms with E-state index in [0.717, 1.165) is 6.07 Å². The number of ketones is 1. The van der Waals surface area contributed by atoms with E-state index in [-0.39, 0.29) is 11.3 Å². The van der Waals surface area contributed by atoms with Crippen LogP contribution in [0.15, 0.2) is 42.5 Å². The standard InChI is InChI=1S/C20H20FNO6/c1-3-27-15-7-4-13(5-8-15)20(25)22-11-19(24)28-12-17(23)14-6-9-18(26-2)16(21)10-14/h4-10H,3,11-12H2,1-2H3,(H,22,25). The second kappa shape index (κ2) is 10.1. The summed E-state index contributed by atoms with van der Waals surface area (Å²) in [5.74, 6) is -1.89. The van der Waals surface area contributed by atoms with Gasteiger partial charge in [-0.05, 0) is 49.4 Å². The maximum Gasteiger partial charge on any atom is 0.325 e. The molecule has 1 N–H and O–H groups in total. The molecular weight excluding hydrogens is 369 g/mol. The van der Waals surface area contributed by atoms with Gasteiger partial charge in [0.25, 0.3) is 5.91 Å². The zero-order valence-electron chi connectivity index (χ0n) is 15.5. The molecule has 0 saturated heterocycles. The first-order chi connectivity index (χ1) is 13.4. The molecule has 1 amide bonds.